The number of aromatic nitrogens is 2. The number of carbonyl (C=O) groups is 2. The molecule has 4 N–H and O–H groups in total. The molecular formula is C18H20N4O3S. The molecule has 2 aromatic heterocycles. The van der Waals surface area contributed by atoms with Crippen LogP contribution in [0.2, 0.25) is 0 Å². The molecular weight excluding hydrogens is 352 g/mol. The van der Waals surface area contributed by atoms with E-state index in [2.05, 4.69) is 34.7 Å². The lowest BCUT2D eigenvalue weighted by molar-refractivity contribution is 0.0702. The fraction of sp³-hybridized carbons (Fsp3) is 0.278. The van der Waals surface area contributed by atoms with Crippen LogP contribution in [0.1, 0.15) is 39.4 Å². The van der Waals surface area contributed by atoms with Gasteiger partial charge in [-0.1, -0.05) is 26.0 Å². The molecule has 0 saturated heterocycles. The number of nitrogens with zero attached hydrogens (tertiary/aromatic N) is 1. The van der Waals surface area contributed by atoms with Gasteiger partial charge >= 0.3 is 5.97 Å². The first-order chi connectivity index (χ1) is 12.4. The van der Waals surface area contributed by atoms with Gasteiger partial charge in [0.2, 0.25) is 0 Å². The molecule has 0 saturated carbocycles. The van der Waals surface area contributed by atoms with Crippen LogP contribution in [0.5, 0.6) is 0 Å². The summed E-state index contributed by atoms with van der Waals surface area (Å²) in [5.41, 5.74) is 1.62. The van der Waals surface area contributed by atoms with Crippen LogP contribution in [0.4, 0.5) is 5.82 Å². The topological polar surface area (TPSA) is 107 Å². The monoisotopic (exact) mass is 372 g/mol. The molecule has 0 spiro atoms. The highest BCUT2D eigenvalue weighted by Crippen LogP contribution is 2.29. The van der Waals surface area contributed by atoms with Crippen molar-refractivity contribution in [2.45, 2.75) is 20.4 Å². The van der Waals surface area contributed by atoms with E-state index in [0.29, 0.717) is 27.5 Å². The van der Waals surface area contributed by atoms with E-state index in [1.54, 1.807) is 12.1 Å². The predicted octanol–water partition coefficient (Wildman–Crippen LogP) is 3.32. The Morgan fingerprint density at radius 3 is 2.65 bits per heavy atom. The van der Waals surface area contributed by atoms with Crippen molar-refractivity contribution in [3.05, 3.63) is 46.3 Å². The molecule has 0 aliphatic heterocycles. The Kier molecular flexibility index (Phi) is 5.34. The molecule has 0 fully saturated rings. The van der Waals surface area contributed by atoms with Crippen molar-refractivity contribution in [2.75, 3.05) is 11.9 Å². The highest BCUT2D eigenvalue weighted by molar-refractivity contribution is 7.20. The van der Waals surface area contributed by atoms with Gasteiger partial charge in [-0.15, -0.1) is 11.3 Å². The number of aromatic carboxylic acids is 1. The fourth-order valence-electron chi connectivity index (χ4n) is 2.48. The zero-order chi connectivity index (χ0) is 18.7. The molecule has 26 heavy (non-hydrogen) atoms. The maximum Gasteiger partial charge on any atom is 0.345 e. The van der Waals surface area contributed by atoms with Crippen molar-refractivity contribution in [1.82, 2.24) is 15.5 Å². The number of aromatic amines is 1. The number of H-pyrrole nitrogens is 1. The molecule has 8 heteroatoms. The van der Waals surface area contributed by atoms with Gasteiger partial charge in [0.05, 0.1) is 5.39 Å². The molecule has 136 valence electrons. The molecule has 0 aliphatic carbocycles. The van der Waals surface area contributed by atoms with Crippen molar-refractivity contribution >= 4 is 39.2 Å². The second-order valence-electron chi connectivity index (χ2n) is 6.41. The number of carbonyl (C=O) groups excluding carboxylic acids is 1. The number of hydrogen-bond donors (Lipinski definition) is 4. The molecule has 1 aromatic carbocycles. The summed E-state index contributed by atoms with van der Waals surface area (Å²) >= 11 is 1.08. The first-order valence-electron chi connectivity index (χ1n) is 8.26. The van der Waals surface area contributed by atoms with E-state index in [9.17, 15) is 9.59 Å². The standard InChI is InChI=1S/C18H20N4O3S/c1-10(2)8-19-9-11-3-5-12(6-4-11)16(23)20-15-13-7-14(18(24)25)26-17(13)22-21-15/h3-7,10,19H,8-9H2,1-2H3,(H,24,25)(H2,20,21,22,23). The molecule has 2 heterocycles. The lowest BCUT2D eigenvalue weighted by atomic mass is 10.1. The van der Waals surface area contributed by atoms with Gasteiger partial charge in [0.25, 0.3) is 5.91 Å². The van der Waals surface area contributed by atoms with Crippen LogP contribution in [-0.4, -0.2) is 33.7 Å². The first-order valence-corrected chi connectivity index (χ1v) is 9.08. The molecule has 0 radical (unpaired) electrons. The zero-order valence-corrected chi connectivity index (χ0v) is 15.3. The highest BCUT2D eigenvalue weighted by atomic mass is 32.1. The van der Waals surface area contributed by atoms with Gasteiger partial charge in [-0.3, -0.25) is 9.89 Å². The van der Waals surface area contributed by atoms with Crippen molar-refractivity contribution in [3.8, 4) is 0 Å². The van der Waals surface area contributed by atoms with Gasteiger partial charge in [0.1, 0.15) is 9.71 Å². The Balaban J connectivity index is 1.67. The number of carboxylic acids is 1. The lowest BCUT2D eigenvalue weighted by Crippen LogP contribution is -2.19. The number of hydrogen-bond acceptors (Lipinski definition) is 5. The summed E-state index contributed by atoms with van der Waals surface area (Å²) in [7, 11) is 0. The number of amides is 1. The summed E-state index contributed by atoms with van der Waals surface area (Å²) < 4.78 is 0. The minimum atomic E-state index is -1.00. The predicted molar refractivity (Wildman–Crippen MR) is 102 cm³/mol. The van der Waals surface area contributed by atoms with Crippen molar-refractivity contribution in [1.29, 1.82) is 0 Å². The molecule has 0 atom stereocenters. The van der Waals surface area contributed by atoms with E-state index in [1.165, 1.54) is 6.07 Å². The molecule has 3 aromatic rings. The highest BCUT2D eigenvalue weighted by Gasteiger charge is 2.16. The van der Waals surface area contributed by atoms with Crippen LogP contribution in [-0.2, 0) is 6.54 Å². The largest absolute Gasteiger partial charge is 0.477 e. The van der Waals surface area contributed by atoms with Crippen LogP contribution in [0.25, 0.3) is 10.2 Å². The van der Waals surface area contributed by atoms with E-state index in [0.717, 1.165) is 30.0 Å². The van der Waals surface area contributed by atoms with Crippen LogP contribution in [0.15, 0.2) is 30.3 Å². The first kappa shape index (κ1) is 18.1. The lowest BCUT2D eigenvalue weighted by Gasteiger charge is -2.08. The summed E-state index contributed by atoms with van der Waals surface area (Å²) in [4.78, 5) is 24.3. The van der Waals surface area contributed by atoms with Crippen LogP contribution >= 0.6 is 11.3 Å². The van der Waals surface area contributed by atoms with Gasteiger partial charge in [0, 0.05) is 12.1 Å². The second kappa shape index (κ2) is 7.67. The van der Waals surface area contributed by atoms with Crippen molar-refractivity contribution in [3.63, 3.8) is 0 Å². The van der Waals surface area contributed by atoms with E-state index >= 15 is 0 Å². The number of thiophene rings is 1. The summed E-state index contributed by atoms with van der Waals surface area (Å²) in [5.74, 6) is -0.373. The van der Waals surface area contributed by atoms with Crippen molar-refractivity contribution < 1.29 is 14.7 Å². The average molecular weight is 372 g/mol. The maximum absolute atomic E-state index is 12.4. The quantitative estimate of drug-likeness (QED) is 0.509. The molecule has 7 nitrogen and oxygen atoms in total. The number of carboxylic acid groups (broad SMARTS) is 1. The Bertz CT molecular complexity index is 928. The summed E-state index contributed by atoms with van der Waals surface area (Å²) in [6.07, 6.45) is 0. The number of nitrogens with one attached hydrogen (secondary N) is 3. The molecule has 3 rings (SSSR count). The Morgan fingerprint density at radius 2 is 2.00 bits per heavy atom. The minimum Gasteiger partial charge on any atom is -0.477 e. The van der Waals surface area contributed by atoms with Gasteiger partial charge in [0.15, 0.2) is 5.82 Å². The van der Waals surface area contributed by atoms with Crippen LogP contribution < -0.4 is 10.6 Å². The second-order valence-corrected chi connectivity index (χ2v) is 7.46. The minimum absolute atomic E-state index is 0.197. The zero-order valence-electron chi connectivity index (χ0n) is 14.5. The number of rotatable bonds is 7. The number of fused-ring (bicyclic) bond motifs is 1. The fourth-order valence-corrected chi connectivity index (χ4v) is 3.32. The van der Waals surface area contributed by atoms with Gasteiger partial charge in [-0.2, -0.15) is 5.10 Å². The SMILES string of the molecule is CC(C)CNCc1ccc(C(=O)Nc2n[nH]c3sc(C(=O)O)cc23)cc1. The number of anilines is 1. The van der Waals surface area contributed by atoms with E-state index in [1.807, 2.05) is 12.1 Å². The summed E-state index contributed by atoms with van der Waals surface area (Å²) in [6.45, 7) is 6.00. The normalized spacial score (nSPS) is 11.2. The maximum atomic E-state index is 12.4. The third kappa shape index (κ3) is 4.09. The van der Waals surface area contributed by atoms with Gasteiger partial charge < -0.3 is 15.7 Å². The van der Waals surface area contributed by atoms with E-state index in [-0.39, 0.29) is 10.8 Å². The Labute approximate surface area is 154 Å². The van der Waals surface area contributed by atoms with E-state index in [4.69, 9.17) is 5.11 Å². The molecule has 0 bridgehead atoms. The van der Waals surface area contributed by atoms with Crippen LogP contribution in [0.3, 0.4) is 0 Å². The van der Waals surface area contributed by atoms with Gasteiger partial charge in [-0.25, -0.2) is 4.79 Å². The summed E-state index contributed by atoms with van der Waals surface area (Å²) in [5, 5.41) is 22.5. The Hall–Kier alpha value is -2.71. The summed E-state index contributed by atoms with van der Waals surface area (Å²) in [6, 6.07) is 8.86. The Morgan fingerprint density at radius 1 is 1.27 bits per heavy atom. The third-order valence-electron chi connectivity index (χ3n) is 3.80. The van der Waals surface area contributed by atoms with Crippen LogP contribution in [0, 0.1) is 5.92 Å². The molecule has 0 aliphatic rings. The molecule has 0 unspecified atom stereocenters. The van der Waals surface area contributed by atoms with E-state index < -0.39 is 5.97 Å². The smallest absolute Gasteiger partial charge is 0.345 e. The number of benzene rings is 1. The third-order valence-corrected chi connectivity index (χ3v) is 4.82. The molecule has 1 amide bonds. The van der Waals surface area contributed by atoms with Crippen molar-refractivity contribution in [2.24, 2.45) is 5.92 Å². The van der Waals surface area contributed by atoms with Gasteiger partial charge in [-0.05, 0) is 36.2 Å². The average Bonchev–Trinajstić information content (AvgIpc) is 3.17.